The van der Waals surface area contributed by atoms with Gasteiger partial charge < -0.3 is 10.1 Å². The van der Waals surface area contributed by atoms with E-state index in [0.29, 0.717) is 19.7 Å². The molecule has 0 aliphatic rings. The quantitative estimate of drug-likeness (QED) is 0.651. The first-order valence-corrected chi connectivity index (χ1v) is 9.62. The van der Waals surface area contributed by atoms with E-state index in [1.54, 1.807) is 11.3 Å². The minimum Gasteiger partial charge on any atom is -0.374 e. The van der Waals surface area contributed by atoms with Crippen LogP contribution in [0.2, 0.25) is 0 Å². The van der Waals surface area contributed by atoms with Crippen molar-refractivity contribution >= 4 is 17.2 Å². The van der Waals surface area contributed by atoms with Crippen molar-refractivity contribution in [3.8, 4) is 0 Å². The van der Waals surface area contributed by atoms with Gasteiger partial charge in [-0.25, -0.2) is 0 Å². The lowest BCUT2D eigenvalue weighted by Gasteiger charge is -2.23. The molecule has 0 spiro atoms. The summed E-state index contributed by atoms with van der Waals surface area (Å²) in [7, 11) is 1.98. The lowest BCUT2D eigenvalue weighted by Crippen LogP contribution is -2.36. The second-order valence-corrected chi connectivity index (χ2v) is 7.21. The minimum atomic E-state index is 0.0574. The fraction of sp³-hybridized carbons (Fsp3) is 0.450. The third-order valence-corrected chi connectivity index (χ3v) is 5.33. The number of amides is 1. The van der Waals surface area contributed by atoms with Gasteiger partial charge in [0, 0.05) is 24.1 Å². The first-order valence-electron chi connectivity index (χ1n) is 8.75. The molecule has 5 heteroatoms. The van der Waals surface area contributed by atoms with Crippen LogP contribution in [0.15, 0.2) is 47.8 Å². The fourth-order valence-corrected chi connectivity index (χ4v) is 3.39. The Kier molecular flexibility index (Phi) is 8.12. The van der Waals surface area contributed by atoms with Crippen molar-refractivity contribution < 1.29 is 9.53 Å². The number of carbonyl (C=O) groups excluding carboxylic acids is 1. The zero-order valence-electron chi connectivity index (χ0n) is 15.3. The summed E-state index contributed by atoms with van der Waals surface area (Å²) in [5.41, 5.74) is 1.18. The second kappa shape index (κ2) is 10.3. The van der Waals surface area contributed by atoms with Crippen LogP contribution in [-0.4, -0.2) is 37.6 Å². The molecule has 2 unspecified atom stereocenters. The normalized spacial score (nSPS) is 13.6. The van der Waals surface area contributed by atoms with Gasteiger partial charge >= 0.3 is 0 Å². The van der Waals surface area contributed by atoms with E-state index >= 15 is 0 Å². The van der Waals surface area contributed by atoms with Crippen molar-refractivity contribution in [2.75, 3.05) is 26.7 Å². The largest absolute Gasteiger partial charge is 0.374 e. The van der Waals surface area contributed by atoms with Gasteiger partial charge in [-0.1, -0.05) is 36.4 Å². The van der Waals surface area contributed by atoms with Crippen molar-refractivity contribution in [3.63, 3.8) is 0 Å². The predicted octanol–water partition coefficient (Wildman–Crippen LogP) is 4.03. The zero-order chi connectivity index (χ0) is 18.1. The lowest BCUT2D eigenvalue weighted by atomic mass is 10.1. The van der Waals surface area contributed by atoms with Gasteiger partial charge in [-0.3, -0.25) is 9.69 Å². The van der Waals surface area contributed by atoms with Crippen molar-refractivity contribution in [3.05, 3.63) is 58.3 Å². The Morgan fingerprint density at radius 1 is 1.20 bits per heavy atom. The molecule has 0 radical (unpaired) electrons. The Hall–Kier alpha value is -1.69. The van der Waals surface area contributed by atoms with Crippen molar-refractivity contribution in [2.45, 2.75) is 32.4 Å². The highest BCUT2D eigenvalue weighted by Crippen LogP contribution is 2.22. The Labute approximate surface area is 154 Å². The van der Waals surface area contributed by atoms with Crippen LogP contribution in [0, 0.1) is 0 Å². The summed E-state index contributed by atoms with van der Waals surface area (Å²) in [5.74, 6) is 0.0574. The average molecular weight is 361 g/mol. The second-order valence-electron chi connectivity index (χ2n) is 6.23. The highest BCUT2D eigenvalue weighted by atomic mass is 32.1. The SMILES string of the molecule is CC(OCCCNC(=O)CN(C)C(C)c1cccs1)c1ccccc1. The number of rotatable bonds is 10. The van der Waals surface area contributed by atoms with Crippen LogP contribution in [0.4, 0.5) is 0 Å². The van der Waals surface area contributed by atoms with Crippen molar-refractivity contribution in [1.29, 1.82) is 0 Å². The Morgan fingerprint density at radius 3 is 2.64 bits per heavy atom. The van der Waals surface area contributed by atoms with Crippen LogP contribution < -0.4 is 5.32 Å². The Bertz CT molecular complexity index is 616. The summed E-state index contributed by atoms with van der Waals surface area (Å²) in [4.78, 5) is 15.4. The van der Waals surface area contributed by atoms with Crippen molar-refractivity contribution in [2.24, 2.45) is 0 Å². The molecule has 0 aliphatic carbocycles. The fourth-order valence-electron chi connectivity index (χ4n) is 2.55. The maximum absolute atomic E-state index is 12.1. The standard InChI is InChI=1S/C20H28N2O2S/c1-16(19-11-7-14-25-19)22(3)15-20(23)21-12-8-13-24-17(2)18-9-5-4-6-10-18/h4-7,9-11,14,16-17H,8,12-13,15H2,1-3H3,(H,21,23). The number of nitrogens with one attached hydrogen (secondary N) is 1. The molecule has 0 aliphatic heterocycles. The summed E-state index contributed by atoms with van der Waals surface area (Å²) < 4.78 is 5.82. The molecule has 1 amide bonds. The third-order valence-electron chi connectivity index (χ3n) is 4.29. The first kappa shape index (κ1) is 19.6. The third kappa shape index (κ3) is 6.61. The molecule has 2 aromatic rings. The molecule has 1 heterocycles. The van der Waals surface area contributed by atoms with Gasteiger partial charge in [-0.15, -0.1) is 11.3 Å². The van der Waals surface area contributed by atoms with Crippen LogP contribution in [-0.2, 0) is 9.53 Å². The summed E-state index contributed by atoms with van der Waals surface area (Å²) >= 11 is 1.72. The van der Waals surface area contributed by atoms with Gasteiger partial charge in [0.1, 0.15) is 0 Å². The highest BCUT2D eigenvalue weighted by molar-refractivity contribution is 7.10. The van der Waals surface area contributed by atoms with Gasteiger partial charge in [0.05, 0.1) is 12.6 Å². The van der Waals surface area contributed by atoms with Gasteiger partial charge in [0.25, 0.3) is 0 Å². The van der Waals surface area contributed by atoms with E-state index < -0.39 is 0 Å². The van der Waals surface area contributed by atoms with E-state index in [1.165, 1.54) is 10.4 Å². The molecule has 1 aromatic heterocycles. The van der Waals surface area contributed by atoms with Gasteiger partial charge in [-0.05, 0) is 44.3 Å². The number of carbonyl (C=O) groups is 1. The Morgan fingerprint density at radius 2 is 1.96 bits per heavy atom. The van der Waals surface area contributed by atoms with Crippen LogP contribution in [0.1, 0.15) is 42.9 Å². The van der Waals surface area contributed by atoms with E-state index in [9.17, 15) is 4.79 Å². The molecule has 0 bridgehead atoms. The van der Waals surface area contributed by atoms with E-state index in [0.717, 1.165) is 6.42 Å². The lowest BCUT2D eigenvalue weighted by molar-refractivity contribution is -0.122. The van der Waals surface area contributed by atoms with E-state index in [2.05, 4.69) is 47.6 Å². The molecule has 4 nitrogen and oxygen atoms in total. The topological polar surface area (TPSA) is 41.6 Å². The van der Waals surface area contributed by atoms with E-state index in [1.807, 2.05) is 31.3 Å². The molecule has 2 rings (SSSR count). The molecule has 0 fully saturated rings. The Balaban J connectivity index is 1.59. The number of hydrogen-bond donors (Lipinski definition) is 1. The van der Waals surface area contributed by atoms with Crippen molar-refractivity contribution in [1.82, 2.24) is 10.2 Å². The smallest absolute Gasteiger partial charge is 0.234 e. The molecule has 25 heavy (non-hydrogen) atoms. The summed E-state index contributed by atoms with van der Waals surface area (Å²) in [6.45, 7) is 5.85. The molecule has 0 saturated carbocycles. The van der Waals surface area contributed by atoms with Gasteiger partial charge in [-0.2, -0.15) is 0 Å². The molecule has 2 atom stereocenters. The summed E-state index contributed by atoms with van der Waals surface area (Å²) in [6.07, 6.45) is 0.891. The van der Waals surface area contributed by atoms with Gasteiger partial charge in [0.2, 0.25) is 5.91 Å². The maximum atomic E-state index is 12.1. The van der Waals surface area contributed by atoms with Gasteiger partial charge in [0.15, 0.2) is 0 Å². The van der Waals surface area contributed by atoms with Crippen LogP contribution in [0.3, 0.4) is 0 Å². The average Bonchev–Trinajstić information content (AvgIpc) is 3.15. The van der Waals surface area contributed by atoms with Crippen LogP contribution in [0.5, 0.6) is 0 Å². The number of ether oxygens (including phenoxy) is 1. The molecule has 1 aromatic carbocycles. The highest BCUT2D eigenvalue weighted by Gasteiger charge is 2.15. The number of thiophene rings is 1. The summed E-state index contributed by atoms with van der Waals surface area (Å²) in [5, 5.41) is 5.04. The maximum Gasteiger partial charge on any atom is 0.234 e. The molecule has 1 N–H and O–H groups in total. The number of hydrogen-bond acceptors (Lipinski definition) is 4. The molecular weight excluding hydrogens is 332 g/mol. The molecule has 0 saturated heterocycles. The first-order chi connectivity index (χ1) is 12.1. The zero-order valence-corrected chi connectivity index (χ0v) is 16.1. The monoisotopic (exact) mass is 360 g/mol. The number of likely N-dealkylation sites (N-methyl/N-ethyl adjacent to an activating group) is 1. The van der Waals surface area contributed by atoms with Crippen LogP contribution in [0.25, 0.3) is 0 Å². The molecule has 136 valence electrons. The predicted molar refractivity (Wildman–Crippen MR) is 104 cm³/mol. The minimum absolute atomic E-state index is 0.0574. The molecular formula is C20H28N2O2S. The number of nitrogens with zero attached hydrogens (tertiary/aromatic N) is 1. The van der Waals surface area contributed by atoms with E-state index in [4.69, 9.17) is 4.74 Å². The summed E-state index contributed by atoms with van der Waals surface area (Å²) in [6, 6.07) is 14.6. The van der Waals surface area contributed by atoms with Crippen LogP contribution >= 0.6 is 11.3 Å². The number of benzene rings is 1. The van der Waals surface area contributed by atoms with E-state index in [-0.39, 0.29) is 18.1 Å².